The van der Waals surface area contributed by atoms with Crippen molar-refractivity contribution in [3.63, 3.8) is 0 Å². The Labute approximate surface area is 177 Å². The number of amides is 1. The second kappa shape index (κ2) is 9.60. The molecule has 0 saturated carbocycles. The maximum absolute atomic E-state index is 12.4. The molecule has 162 valence electrons. The Morgan fingerprint density at radius 2 is 1.90 bits per heavy atom. The lowest BCUT2D eigenvalue weighted by atomic mass is 10.2. The molecule has 1 atom stereocenters. The highest BCUT2D eigenvalue weighted by Gasteiger charge is 2.31. The molecule has 1 aliphatic rings. The van der Waals surface area contributed by atoms with E-state index in [1.165, 1.54) is 0 Å². The summed E-state index contributed by atoms with van der Waals surface area (Å²) in [5.74, 6) is 1.80. The Morgan fingerprint density at radius 3 is 2.60 bits per heavy atom. The predicted octanol–water partition coefficient (Wildman–Crippen LogP) is 2.78. The zero-order chi connectivity index (χ0) is 21.6. The average molecular weight is 415 g/mol. The first-order valence-corrected chi connectivity index (χ1v) is 10.0. The van der Waals surface area contributed by atoms with Gasteiger partial charge in [0, 0.05) is 44.3 Å². The summed E-state index contributed by atoms with van der Waals surface area (Å²) in [4.78, 5) is 29.0. The molecule has 0 N–H and O–H groups in total. The zero-order valence-electron chi connectivity index (χ0n) is 17.9. The molecule has 0 aromatic carbocycles. The molecule has 9 nitrogen and oxygen atoms in total. The molecule has 0 spiro atoms. The fourth-order valence-corrected chi connectivity index (χ4v) is 3.11. The van der Waals surface area contributed by atoms with Gasteiger partial charge in [0.2, 0.25) is 0 Å². The molecule has 0 radical (unpaired) electrons. The summed E-state index contributed by atoms with van der Waals surface area (Å²) in [6.45, 7) is 10.0. The van der Waals surface area contributed by atoms with Crippen LogP contribution in [0.15, 0.2) is 36.9 Å². The van der Waals surface area contributed by atoms with Crippen LogP contribution in [0.5, 0.6) is 11.6 Å². The van der Waals surface area contributed by atoms with Gasteiger partial charge in [0.05, 0.1) is 6.20 Å². The Bertz CT molecular complexity index is 828. The smallest absolute Gasteiger partial charge is 0.410 e. The number of anilines is 1. The third kappa shape index (κ3) is 5.95. The van der Waals surface area contributed by atoms with Crippen LogP contribution in [0.1, 0.15) is 27.7 Å². The lowest BCUT2D eigenvalue weighted by Crippen LogP contribution is -2.55. The van der Waals surface area contributed by atoms with E-state index in [2.05, 4.69) is 19.9 Å². The summed E-state index contributed by atoms with van der Waals surface area (Å²) in [6.07, 6.45) is 6.29. The Balaban J connectivity index is 1.56. The van der Waals surface area contributed by atoms with E-state index in [0.29, 0.717) is 50.3 Å². The van der Waals surface area contributed by atoms with Gasteiger partial charge in [-0.05, 0) is 39.8 Å². The first kappa shape index (κ1) is 21.6. The van der Waals surface area contributed by atoms with Gasteiger partial charge < -0.3 is 24.0 Å². The number of piperazine rings is 1. The molecule has 1 saturated heterocycles. The average Bonchev–Trinajstić information content (AvgIpc) is 2.71. The van der Waals surface area contributed by atoms with Crippen LogP contribution in [0.4, 0.5) is 10.6 Å². The number of carbonyl (C=O) groups is 1. The minimum absolute atomic E-state index is 0.0389. The van der Waals surface area contributed by atoms with E-state index in [0.717, 1.165) is 0 Å². The summed E-state index contributed by atoms with van der Waals surface area (Å²) in [6, 6.07) is 3.69. The van der Waals surface area contributed by atoms with E-state index in [1.54, 1.807) is 29.7 Å². The molecule has 2 aromatic rings. The van der Waals surface area contributed by atoms with Gasteiger partial charge in [-0.15, -0.1) is 0 Å². The van der Waals surface area contributed by atoms with E-state index in [9.17, 15) is 4.79 Å². The molecule has 0 bridgehead atoms. The number of ether oxygens (including phenoxy) is 3. The number of rotatable bonds is 6. The minimum Gasteiger partial charge on any atom is -0.488 e. The van der Waals surface area contributed by atoms with Crippen molar-refractivity contribution in [3.05, 3.63) is 36.9 Å². The largest absolute Gasteiger partial charge is 0.488 e. The van der Waals surface area contributed by atoms with E-state index in [1.807, 2.05) is 39.8 Å². The second-order valence-corrected chi connectivity index (χ2v) is 8.04. The minimum atomic E-state index is -0.513. The Kier molecular flexibility index (Phi) is 6.91. The highest BCUT2D eigenvalue weighted by Crippen LogP contribution is 2.27. The molecule has 1 amide bonds. The summed E-state index contributed by atoms with van der Waals surface area (Å²) < 4.78 is 16.9. The maximum Gasteiger partial charge on any atom is 0.410 e. The first-order valence-electron chi connectivity index (χ1n) is 10.0. The fraction of sp³-hybridized carbons (Fsp3) is 0.524. The Hall–Kier alpha value is -3.10. The van der Waals surface area contributed by atoms with Crippen LogP contribution in [0.3, 0.4) is 0 Å². The summed E-state index contributed by atoms with van der Waals surface area (Å²) >= 11 is 0. The van der Waals surface area contributed by atoms with Gasteiger partial charge in [-0.1, -0.05) is 0 Å². The van der Waals surface area contributed by atoms with Crippen LogP contribution in [0, 0.1) is 0 Å². The van der Waals surface area contributed by atoms with Crippen LogP contribution in [-0.4, -0.2) is 70.4 Å². The molecule has 1 aliphatic heterocycles. The number of pyridine rings is 1. The number of aromatic nitrogens is 3. The number of hydrogen-bond donors (Lipinski definition) is 0. The van der Waals surface area contributed by atoms with Crippen molar-refractivity contribution in [1.29, 1.82) is 0 Å². The standard InChI is InChI=1S/C21H29N5O4/c1-16-15-25(20(27)30-21(2,3)4)10-11-26(16)18-19(24-9-8-23-18)29-13-12-28-17-6-5-7-22-14-17/h5-9,14,16H,10-13,15H2,1-4H3/t16-/m1/s1. The van der Waals surface area contributed by atoms with Crippen molar-refractivity contribution in [1.82, 2.24) is 19.9 Å². The van der Waals surface area contributed by atoms with Gasteiger partial charge in [0.25, 0.3) is 5.88 Å². The summed E-state index contributed by atoms with van der Waals surface area (Å²) in [5.41, 5.74) is -0.513. The van der Waals surface area contributed by atoms with Crippen LogP contribution < -0.4 is 14.4 Å². The van der Waals surface area contributed by atoms with Crippen LogP contribution in [0.2, 0.25) is 0 Å². The summed E-state index contributed by atoms with van der Waals surface area (Å²) in [5, 5.41) is 0. The zero-order valence-corrected chi connectivity index (χ0v) is 17.9. The van der Waals surface area contributed by atoms with Crippen LogP contribution in [-0.2, 0) is 4.74 Å². The van der Waals surface area contributed by atoms with Crippen molar-refractivity contribution >= 4 is 11.9 Å². The molecular weight excluding hydrogens is 386 g/mol. The first-order chi connectivity index (χ1) is 14.3. The Morgan fingerprint density at radius 1 is 1.13 bits per heavy atom. The normalized spacial score (nSPS) is 16.9. The van der Waals surface area contributed by atoms with Crippen molar-refractivity contribution in [3.8, 4) is 11.6 Å². The quantitative estimate of drug-likeness (QED) is 0.666. The van der Waals surface area contributed by atoms with Gasteiger partial charge in [0.1, 0.15) is 24.6 Å². The fourth-order valence-electron chi connectivity index (χ4n) is 3.11. The summed E-state index contributed by atoms with van der Waals surface area (Å²) in [7, 11) is 0. The lowest BCUT2D eigenvalue weighted by molar-refractivity contribution is 0.0218. The molecule has 3 rings (SSSR count). The predicted molar refractivity (Wildman–Crippen MR) is 112 cm³/mol. The molecule has 2 aromatic heterocycles. The van der Waals surface area contributed by atoms with Gasteiger partial charge in [0.15, 0.2) is 5.82 Å². The van der Waals surface area contributed by atoms with Crippen molar-refractivity contribution in [2.75, 3.05) is 37.7 Å². The molecule has 1 fully saturated rings. The van der Waals surface area contributed by atoms with E-state index >= 15 is 0 Å². The van der Waals surface area contributed by atoms with Crippen LogP contribution in [0.25, 0.3) is 0 Å². The lowest BCUT2D eigenvalue weighted by Gasteiger charge is -2.40. The monoisotopic (exact) mass is 415 g/mol. The third-order valence-electron chi connectivity index (χ3n) is 4.42. The SMILES string of the molecule is C[C@@H]1CN(C(=O)OC(C)(C)C)CCN1c1nccnc1OCCOc1cccnc1. The van der Waals surface area contributed by atoms with Crippen molar-refractivity contribution in [2.45, 2.75) is 39.3 Å². The highest BCUT2D eigenvalue weighted by molar-refractivity contribution is 5.69. The third-order valence-corrected chi connectivity index (χ3v) is 4.42. The van der Waals surface area contributed by atoms with E-state index in [-0.39, 0.29) is 12.1 Å². The number of nitrogens with zero attached hydrogens (tertiary/aromatic N) is 5. The van der Waals surface area contributed by atoms with Crippen molar-refractivity contribution in [2.24, 2.45) is 0 Å². The number of carbonyl (C=O) groups excluding carboxylic acids is 1. The van der Waals surface area contributed by atoms with Gasteiger partial charge >= 0.3 is 6.09 Å². The number of hydrogen-bond acceptors (Lipinski definition) is 8. The highest BCUT2D eigenvalue weighted by atomic mass is 16.6. The van der Waals surface area contributed by atoms with E-state index in [4.69, 9.17) is 14.2 Å². The second-order valence-electron chi connectivity index (χ2n) is 8.04. The molecular formula is C21H29N5O4. The molecule has 0 unspecified atom stereocenters. The molecule has 30 heavy (non-hydrogen) atoms. The van der Waals surface area contributed by atoms with Gasteiger partial charge in [-0.25, -0.2) is 14.8 Å². The van der Waals surface area contributed by atoms with Crippen molar-refractivity contribution < 1.29 is 19.0 Å². The van der Waals surface area contributed by atoms with Gasteiger partial charge in [-0.3, -0.25) is 4.98 Å². The topological polar surface area (TPSA) is 89.9 Å². The molecule has 0 aliphatic carbocycles. The maximum atomic E-state index is 12.4. The van der Waals surface area contributed by atoms with Crippen LogP contribution >= 0.6 is 0 Å². The van der Waals surface area contributed by atoms with Gasteiger partial charge in [-0.2, -0.15) is 0 Å². The molecule has 9 heteroatoms. The molecule has 3 heterocycles. The van der Waals surface area contributed by atoms with E-state index < -0.39 is 5.60 Å².